The Morgan fingerprint density at radius 3 is 2.80 bits per heavy atom. The Hall–Kier alpha value is -1.43. The van der Waals surface area contributed by atoms with Crippen LogP contribution in [-0.2, 0) is 4.79 Å². The van der Waals surface area contributed by atoms with E-state index in [9.17, 15) is 9.18 Å². The number of rotatable bonds is 6. The Morgan fingerprint density at radius 2 is 2.33 bits per heavy atom. The summed E-state index contributed by atoms with van der Waals surface area (Å²) >= 11 is 0. The van der Waals surface area contributed by atoms with Crippen molar-refractivity contribution in [1.29, 1.82) is 5.41 Å². The highest BCUT2D eigenvalue weighted by atomic mass is 19.1. The van der Waals surface area contributed by atoms with Crippen molar-refractivity contribution in [2.75, 3.05) is 6.54 Å². The first-order valence-corrected chi connectivity index (χ1v) is 4.58. The molecule has 0 fully saturated rings. The summed E-state index contributed by atoms with van der Waals surface area (Å²) in [7, 11) is 0. The molecule has 0 amide bonds. The van der Waals surface area contributed by atoms with E-state index in [1.165, 1.54) is 6.08 Å². The molecular formula is C9H16FN3O2. The number of carboxylic acids is 1. The molecule has 1 unspecified atom stereocenters. The summed E-state index contributed by atoms with van der Waals surface area (Å²) in [5.74, 6) is -1.85. The van der Waals surface area contributed by atoms with Gasteiger partial charge >= 0.3 is 5.97 Å². The van der Waals surface area contributed by atoms with Crippen molar-refractivity contribution in [3.05, 3.63) is 11.9 Å². The summed E-state index contributed by atoms with van der Waals surface area (Å²) < 4.78 is 12.9. The topological polar surface area (TPSA) is 99.2 Å². The minimum absolute atomic E-state index is 0.349. The molecule has 0 aliphatic carbocycles. The summed E-state index contributed by atoms with van der Waals surface area (Å²) in [6.45, 7) is 2.16. The highest BCUT2D eigenvalue weighted by molar-refractivity contribution is 5.76. The first kappa shape index (κ1) is 13.6. The van der Waals surface area contributed by atoms with Gasteiger partial charge in [-0.1, -0.05) is 6.08 Å². The van der Waals surface area contributed by atoms with Gasteiger partial charge in [0.05, 0.1) is 5.84 Å². The van der Waals surface area contributed by atoms with E-state index in [0.717, 1.165) is 0 Å². The van der Waals surface area contributed by atoms with Crippen molar-refractivity contribution < 1.29 is 14.3 Å². The number of carbonyl (C=O) groups is 1. The fourth-order valence-corrected chi connectivity index (χ4v) is 0.863. The number of nitrogens with one attached hydrogen (secondary N) is 2. The minimum Gasteiger partial charge on any atom is -0.480 e. The van der Waals surface area contributed by atoms with E-state index in [-0.39, 0.29) is 0 Å². The maximum atomic E-state index is 12.9. The lowest BCUT2D eigenvalue weighted by molar-refractivity contribution is -0.137. The van der Waals surface area contributed by atoms with E-state index in [4.69, 9.17) is 16.2 Å². The van der Waals surface area contributed by atoms with Gasteiger partial charge in [-0.05, 0) is 19.8 Å². The SMILES string of the molecule is CC(=N)NCCC/C=C(\F)C(N)C(=O)O. The van der Waals surface area contributed by atoms with Crippen LogP contribution in [0.5, 0.6) is 0 Å². The van der Waals surface area contributed by atoms with Crippen LogP contribution in [0.25, 0.3) is 0 Å². The second-order valence-corrected chi connectivity index (χ2v) is 3.10. The number of aliphatic carboxylic acids is 1. The highest BCUT2D eigenvalue weighted by Gasteiger charge is 2.16. The summed E-state index contributed by atoms with van der Waals surface area (Å²) in [5.41, 5.74) is 5.03. The molecule has 0 radical (unpaired) electrons. The standard InChI is InChI=1S/C9H16FN3O2/c1-6(11)13-5-3-2-4-7(10)8(12)9(14)15/h4,8H,2-3,5,12H2,1H3,(H2,11,13)(H,14,15)/b7-4-. The smallest absolute Gasteiger partial charge is 0.327 e. The molecule has 0 aliphatic rings. The Morgan fingerprint density at radius 1 is 1.73 bits per heavy atom. The molecule has 0 rings (SSSR count). The van der Waals surface area contributed by atoms with E-state index in [2.05, 4.69) is 5.32 Å². The third-order valence-corrected chi connectivity index (χ3v) is 1.67. The number of amidine groups is 1. The van der Waals surface area contributed by atoms with Gasteiger partial charge in [0, 0.05) is 6.54 Å². The molecule has 1 atom stereocenters. The summed E-state index contributed by atoms with van der Waals surface area (Å²) in [6, 6.07) is -1.57. The van der Waals surface area contributed by atoms with Crippen LogP contribution in [-0.4, -0.2) is 29.5 Å². The second kappa shape index (κ2) is 6.94. The number of halogens is 1. The minimum atomic E-state index is -1.57. The summed E-state index contributed by atoms with van der Waals surface area (Å²) in [4.78, 5) is 10.3. The summed E-state index contributed by atoms with van der Waals surface area (Å²) in [6.07, 6.45) is 2.18. The maximum absolute atomic E-state index is 12.9. The number of carboxylic acid groups (broad SMARTS) is 1. The first-order valence-electron chi connectivity index (χ1n) is 4.58. The number of allylic oxidation sites excluding steroid dienone is 1. The fraction of sp³-hybridized carbons (Fsp3) is 0.556. The second-order valence-electron chi connectivity index (χ2n) is 3.10. The van der Waals surface area contributed by atoms with Crippen molar-refractivity contribution in [3.63, 3.8) is 0 Å². The van der Waals surface area contributed by atoms with Crippen LogP contribution in [0.3, 0.4) is 0 Å². The predicted molar refractivity (Wildman–Crippen MR) is 55.4 cm³/mol. The molecule has 0 aliphatic heterocycles. The van der Waals surface area contributed by atoms with Crippen LogP contribution in [0.1, 0.15) is 19.8 Å². The van der Waals surface area contributed by atoms with Gasteiger partial charge in [0.15, 0.2) is 6.04 Å². The lowest BCUT2D eigenvalue weighted by Crippen LogP contribution is -2.30. The van der Waals surface area contributed by atoms with Crippen LogP contribution in [0, 0.1) is 5.41 Å². The molecule has 0 heterocycles. The van der Waals surface area contributed by atoms with Crippen molar-refractivity contribution in [2.24, 2.45) is 5.73 Å². The van der Waals surface area contributed by atoms with Gasteiger partial charge in [-0.2, -0.15) is 0 Å². The molecule has 5 N–H and O–H groups in total. The van der Waals surface area contributed by atoms with Gasteiger partial charge in [-0.15, -0.1) is 0 Å². The molecule has 0 aromatic heterocycles. The average Bonchev–Trinajstić information content (AvgIpc) is 2.15. The fourth-order valence-electron chi connectivity index (χ4n) is 0.863. The van der Waals surface area contributed by atoms with Crippen LogP contribution in [0.4, 0.5) is 4.39 Å². The third-order valence-electron chi connectivity index (χ3n) is 1.67. The van der Waals surface area contributed by atoms with Gasteiger partial charge in [0.25, 0.3) is 0 Å². The Labute approximate surface area is 87.7 Å². The van der Waals surface area contributed by atoms with Crippen molar-refractivity contribution in [1.82, 2.24) is 5.32 Å². The van der Waals surface area contributed by atoms with E-state index >= 15 is 0 Å². The summed E-state index contributed by atoms with van der Waals surface area (Å²) in [5, 5.41) is 18.2. The van der Waals surface area contributed by atoms with Crippen LogP contribution in [0.2, 0.25) is 0 Å². The monoisotopic (exact) mass is 217 g/mol. The van der Waals surface area contributed by atoms with Crippen molar-refractivity contribution in [3.8, 4) is 0 Å². The molecule has 86 valence electrons. The van der Waals surface area contributed by atoms with Crippen molar-refractivity contribution in [2.45, 2.75) is 25.8 Å². The normalized spacial score (nSPS) is 13.4. The number of hydrogen-bond donors (Lipinski definition) is 4. The zero-order chi connectivity index (χ0) is 11.8. The molecule has 5 nitrogen and oxygen atoms in total. The molecule has 0 aromatic rings. The molecule has 0 saturated carbocycles. The quantitative estimate of drug-likeness (QED) is 0.298. The maximum Gasteiger partial charge on any atom is 0.327 e. The molecule has 15 heavy (non-hydrogen) atoms. The molecular weight excluding hydrogens is 201 g/mol. The van der Waals surface area contributed by atoms with E-state index in [0.29, 0.717) is 25.2 Å². The predicted octanol–water partition coefficient (Wildman–Crippen LogP) is 0.619. The average molecular weight is 217 g/mol. The van der Waals surface area contributed by atoms with Gasteiger partial charge in [-0.25, -0.2) is 4.39 Å². The highest BCUT2D eigenvalue weighted by Crippen LogP contribution is 2.04. The lowest BCUT2D eigenvalue weighted by Gasteiger charge is -2.04. The van der Waals surface area contributed by atoms with Gasteiger partial charge in [0.1, 0.15) is 5.83 Å². The lowest BCUT2D eigenvalue weighted by atomic mass is 10.2. The molecule has 0 spiro atoms. The van der Waals surface area contributed by atoms with Gasteiger partial charge < -0.3 is 16.2 Å². The Bertz CT molecular complexity index is 266. The third kappa shape index (κ3) is 6.62. The van der Waals surface area contributed by atoms with Gasteiger partial charge in [0.2, 0.25) is 0 Å². The number of nitrogens with two attached hydrogens (primary N) is 1. The largest absolute Gasteiger partial charge is 0.480 e. The zero-order valence-corrected chi connectivity index (χ0v) is 8.59. The zero-order valence-electron chi connectivity index (χ0n) is 8.59. The Balaban J connectivity index is 3.76. The molecule has 0 aromatic carbocycles. The Kier molecular flexibility index (Phi) is 6.28. The van der Waals surface area contributed by atoms with Crippen LogP contribution in [0.15, 0.2) is 11.9 Å². The van der Waals surface area contributed by atoms with E-state index in [1.807, 2.05) is 0 Å². The van der Waals surface area contributed by atoms with Crippen LogP contribution >= 0.6 is 0 Å². The molecule has 0 bridgehead atoms. The molecule has 6 heteroatoms. The number of hydrogen-bond acceptors (Lipinski definition) is 3. The van der Waals surface area contributed by atoms with Gasteiger partial charge in [-0.3, -0.25) is 10.2 Å². The first-order chi connectivity index (χ1) is 6.95. The van der Waals surface area contributed by atoms with Crippen molar-refractivity contribution >= 4 is 11.8 Å². The van der Waals surface area contributed by atoms with E-state index in [1.54, 1.807) is 6.92 Å². The molecule has 0 saturated heterocycles. The number of unbranched alkanes of at least 4 members (excludes halogenated alkanes) is 1. The van der Waals surface area contributed by atoms with Crippen LogP contribution < -0.4 is 11.1 Å². The van der Waals surface area contributed by atoms with E-state index < -0.39 is 17.8 Å².